The molecule has 0 N–H and O–H groups in total. The molecule has 0 saturated heterocycles. The van der Waals surface area contributed by atoms with Crippen LogP contribution < -0.4 is 0 Å². The smallest absolute Gasteiger partial charge is 0.164 e. The van der Waals surface area contributed by atoms with Gasteiger partial charge in [0, 0.05) is 50.8 Å². The van der Waals surface area contributed by atoms with Crippen LogP contribution in [-0.2, 0) is 0 Å². The predicted molar refractivity (Wildman–Crippen MR) is 190 cm³/mol. The Morgan fingerprint density at radius 3 is 1.55 bits per heavy atom. The summed E-state index contributed by atoms with van der Waals surface area (Å²) in [6, 6.07) is 49.7. The molecule has 9 aromatic rings. The highest BCUT2D eigenvalue weighted by Gasteiger charge is 2.19. The summed E-state index contributed by atoms with van der Waals surface area (Å²) in [6.45, 7) is 0. The highest BCUT2D eigenvalue weighted by molar-refractivity contribution is 6.18. The fraction of sp³-hybridized carbons (Fsp3) is 0. The first-order valence-electron chi connectivity index (χ1n) is 15.5. The minimum atomic E-state index is 0.627. The zero-order chi connectivity index (χ0) is 31.2. The van der Waals surface area contributed by atoms with E-state index in [1.807, 2.05) is 85.2 Å². The van der Waals surface area contributed by atoms with Crippen molar-refractivity contribution in [1.82, 2.24) is 19.9 Å². The molecule has 3 heterocycles. The topological polar surface area (TPSA) is 64.7 Å². The molecule has 9 rings (SSSR count). The van der Waals surface area contributed by atoms with Crippen molar-refractivity contribution in [2.75, 3.05) is 0 Å². The summed E-state index contributed by atoms with van der Waals surface area (Å²) in [5.41, 5.74) is 8.87. The minimum Gasteiger partial charge on any atom is -0.455 e. The summed E-state index contributed by atoms with van der Waals surface area (Å²) < 4.78 is 6.66. The second kappa shape index (κ2) is 11.2. The van der Waals surface area contributed by atoms with Crippen LogP contribution in [0, 0.1) is 0 Å². The predicted octanol–water partition coefficient (Wildman–Crippen LogP) is 10.7. The molecule has 0 atom stereocenters. The molecule has 0 amide bonds. The average molecular weight is 603 g/mol. The summed E-state index contributed by atoms with van der Waals surface area (Å²) >= 11 is 0. The number of benzene rings is 6. The molecule has 220 valence electrons. The Bertz CT molecular complexity index is 2490. The van der Waals surface area contributed by atoms with Gasteiger partial charge < -0.3 is 4.42 Å². The third-order valence-corrected chi connectivity index (χ3v) is 8.62. The quantitative estimate of drug-likeness (QED) is 0.196. The third kappa shape index (κ3) is 4.82. The summed E-state index contributed by atoms with van der Waals surface area (Å²) in [5, 5.41) is 4.34. The van der Waals surface area contributed by atoms with E-state index in [9.17, 15) is 0 Å². The van der Waals surface area contributed by atoms with Crippen LogP contribution in [0.2, 0.25) is 0 Å². The Balaban J connectivity index is 1.20. The van der Waals surface area contributed by atoms with Gasteiger partial charge in [0.05, 0.1) is 0 Å². The Morgan fingerprint density at radius 2 is 0.936 bits per heavy atom. The van der Waals surface area contributed by atoms with E-state index < -0.39 is 0 Å². The summed E-state index contributed by atoms with van der Waals surface area (Å²) in [6.07, 6.45) is 3.71. The average Bonchev–Trinajstić information content (AvgIpc) is 3.53. The fourth-order valence-electron chi connectivity index (χ4n) is 6.28. The van der Waals surface area contributed by atoms with E-state index in [1.54, 1.807) is 0 Å². The van der Waals surface area contributed by atoms with E-state index in [1.165, 1.54) is 0 Å². The van der Waals surface area contributed by atoms with Gasteiger partial charge in [0.25, 0.3) is 0 Å². The van der Waals surface area contributed by atoms with E-state index in [-0.39, 0.29) is 0 Å². The summed E-state index contributed by atoms with van der Waals surface area (Å²) in [4.78, 5) is 19.0. The molecule has 5 heteroatoms. The van der Waals surface area contributed by atoms with Gasteiger partial charge >= 0.3 is 0 Å². The van der Waals surface area contributed by atoms with Crippen molar-refractivity contribution < 1.29 is 4.42 Å². The van der Waals surface area contributed by atoms with Crippen LogP contribution in [0.5, 0.6) is 0 Å². The molecular formula is C42H26N4O. The third-order valence-electron chi connectivity index (χ3n) is 8.62. The molecule has 0 radical (unpaired) electrons. The second-order valence-corrected chi connectivity index (χ2v) is 11.5. The molecule has 0 bridgehead atoms. The molecule has 5 nitrogen and oxygen atoms in total. The van der Waals surface area contributed by atoms with Gasteiger partial charge in [-0.25, -0.2) is 15.0 Å². The highest BCUT2D eigenvalue weighted by atomic mass is 16.3. The molecule has 0 spiro atoms. The van der Waals surface area contributed by atoms with Gasteiger partial charge in [-0.15, -0.1) is 0 Å². The number of nitrogens with zero attached hydrogens (tertiary/aromatic N) is 4. The van der Waals surface area contributed by atoms with Crippen LogP contribution in [0.25, 0.3) is 89.1 Å². The van der Waals surface area contributed by atoms with E-state index in [0.29, 0.717) is 17.5 Å². The normalized spacial score (nSPS) is 11.4. The fourth-order valence-corrected chi connectivity index (χ4v) is 6.28. The van der Waals surface area contributed by atoms with Crippen molar-refractivity contribution in [3.05, 3.63) is 158 Å². The van der Waals surface area contributed by atoms with Gasteiger partial charge in [-0.3, -0.25) is 4.98 Å². The van der Waals surface area contributed by atoms with Crippen LogP contribution in [0.1, 0.15) is 0 Å². The van der Waals surface area contributed by atoms with Gasteiger partial charge in [0.15, 0.2) is 17.5 Å². The van der Waals surface area contributed by atoms with E-state index >= 15 is 0 Å². The van der Waals surface area contributed by atoms with Crippen molar-refractivity contribution in [2.45, 2.75) is 0 Å². The van der Waals surface area contributed by atoms with E-state index in [2.05, 4.69) is 77.8 Å². The SMILES string of the molecule is c1ccc(-c2nc(-c3ccccc3)nc(-c3ccc(-c4ccc(-c5ccccc5)c5oc6cc7cnccc7cc6c45)cc3)n2)cc1. The molecule has 0 saturated carbocycles. The van der Waals surface area contributed by atoms with Crippen molar-refractivity contribution in [3.63, 3.8) is 0 Å². The zero-order valence-corrected chi connectivity index (χ0v) is 25.2. The monoisotopic (exact) mass is 602 g/mol. The van der Waals surface area contributed by atoms with Gasteiger partial charge in [0.1, 0.15) is 11.2 Å². The van der Waals surface area contributed by atoms with Crippen LogP contribution in [0.3, 0.4) is 0 Å². The maximum atomic E-state index is 6.66. The molecule has 0 aliphatic carbocycles. The van der Waals surface area contributed by atoms with Crippen LogP contribution >= 0.6 is 0 Å². The maximum absolute atomic E-state index is 6.66. The Morgan fingerprint density at radius 1 is 0.426 bits per heavy atom. The lowest BCUT2D eigenvalue weighted by atomic mass is 9.94. The van der Waals surface area contributed by atoms with Gasteiger partial charge in [-0.1, -0.05) is 121 Å². The van der Waals surface area contributed by atoms with Crippen LogP contribution in [0.4, 0.5) is 0 Å². The largest absolute Gasteiger partial charge is 0.455 e. The molecule has 0 fully saturated rings. The number of hydrogen-bond donors (Lipinski definition) is 0. The Labute approximate surface area is 270 Å². The second-order valence-electron chi connectivity index (χ2n) is 11.5. The lowest BCUT2D eigenvalue weighted by Gasteiger charge is -2.10. The van der Waals surface area contributed by atoms with Crippen molar-refractivity contribution >= 4 is 32.7 Å². The number of furan rings is 1. The van der Waals surface area contributed by atoms with Crippen LogP contribution in [0.15, 0.2) is 162 Å². The number of fused-ring (bicyclic) bond motifs is 4. The highest BCUT2D eigenvalue weighted by Crippen LogP contribution is 2.43. The molecule has 6 aromatic carbocycles. The number of hydrogen-bond acceptors (Lipinski definition) is 5. The van der Waals surface area contributed by atoms with Crippen molar-refractivity contribution in [1.29, 1.82) is 0 Å². The molecule has 47 heavy (non-hydrogen) atoms. The molecular weight excluding hydrogens is 576 g/mol. The number of aromatic nitrogens is 4. The lowest BCUT2D eigenvalue weighted by molar-refractivity contribution is 0.670. The van der Waals surface area contributed by atoms with Crippen LogP contribution in [-0.4, -0.2) is 19.9 Å². The summed E-state index contributed by atoms with van der Waals surface area (Å²) in [5.74, 6) is 1.91. The molecule has 0 unspecified atom stereocenters. The first-order valence-corrected chi connectivity index (χ1v) is 15.5. The van der Waals surface area contributed by atoms with Gasteiger partial charge in [0.2, 0.25) is 0 Å². The van der Waals surface area contributed by atoms with E-state index in [0.717, 1.165) is 71.7 Å². The molecule has 3 aromatic heterocycles. The first kappa shape index (κ1) is 26.9. The number of pyridine rings is 1. The standard InChI is InChI=1S/C42H26N4O/c1-4-10-27(11-5-1)35-21-20-34(38-36-24-32-22-23-43-26-33(32)25-37(36)47-39(35)38)28-16-18-31(19-17-28)42-45-40(29-12-6-2-7-13-29)44-41(46-42)30-14-8-3-9-15-30/h1-26H. The molecule has 0 aliphatic rings. The zero-order valence-electron chi connectivity index (χ0n) is 25.2. The first-order chi connectivity index (χ1) is 23.3. The van der Waals surface area contributed by atoms with Crippen molar-refractivity contribution in [3.8, 4) is 56.4 Å². The summed E-state index contributed by atoms with van der Waals surface area (Å²) in [7, 11) is 0. The lowest BCUT2D eigenvalue weighted by Crippen LogP contribution is -2.00. The van der Waals surface area contributed by atoms with E-state index in [4.69, 9.17) is 19.4 Å². The van der Waals surface area contributed by atoms with Gasteiger partial charge in [-0.2, -0.15) is 0 Å². The van der Waals surface area contributed by atoms with Gasteiger partial charge in [-0.05, 0) is 46.3 Å². The Kier molecular flexibility index (Phi) is 6.39. The number of rotatable bonds is 5. The Hall–Kier alpha value is -6.46. The minimum absolute atomic E-state index is 0.627. The maximum Gasteiger partial charge on any atom is 0.164 e. The van der Waals surface area contributed by atoms with Crippen molar-refractivity contribution in [2.24, 2.45) is 0 Å². The molecule has 0 aliphatic heterocycles.